The number of alkyl halides is 1. The van der Waals surface area contributed by atoms with E-state index in [1.54, 1.807) is 0 Å². The topological polar surface area (TPSA) is 40.5 Å². The number of Topliss-reactive ketones (excluding diaryl/α,β-unsaturated/α-hetero) is 1. The molecule has 4 unspecified atom stereocenters. The van der Waals surface area contributed by atoms with Gasteiger partial charge in [-0.1, -0.05) is 54.9 Å². The van der Waals surface area contributed by atoms with Gasteiger partial charge in [0.1, 0.15) is 10.7 Å². The van der Waals surface area contributed by atoms with Gasteiger partial charge >= 0.3 is 0 Å². The van der Waals surface area contributed by atoms with Crippen molar-refractivity contribution in [3.8, 4) is 0 Å². The number of nitrogens with zero attached hydrogens (tertiary/aromatic N) is 1. The molecule has 0 saturated heterocycles. The number of halogens is 1. The van der Waals surface area contributed by atoms with Crippen LogP contribution in [-0.2, 0) is 4.79 Å². The monoisotopic (exact) mass is 351 g/mol. The average Bonchev–Trinajstić information content (AvgIpc) is 2.79. The third kappa shape index (κ3) is 1.92. The summed E-state index contributed by atoms with van der Waals surface area (Å²) in [5.74, 6) is 0.447. The van der Waals surface area contributed by atoms with Gasteiger partial charge in [0.05, 0.1) is 11.6 Å². The van der Waals surface area contributed by atoms with Gasteiger partial charge in [0, 0.05) is 5.41 Å². The number of para-hydroxylation sites is 1. The first-order valence-electron chi connectivity index (χ1n) is 7.52. The van der Waals surface area contributed by atoms with Crippen LogP contribution >= 0.6 is 15.9 Å². The van der Waals surface area contributed by atoms with Gasteiger partial charge in [-0.2, -0.15) is 0 Å². The molecule has 0 radical (unpaired) electrons. The highest BCUT2D eigenvalue weighted by atomic mass is 79.9. The lowest BCUT2D eigenvalue weighted by atomic mass is 9.70. The molecule has 0 heterocycles. The van der Waals surface area contributed by atoms with Crippen LogP contribution in [0.5, 0.6) is 0 Å². The van der Waals surface area contributed by atoms with Crippen molar-refractivity contribution < 1.29 is 10.0 Å². The van der Waals surface area contributed by atoms with Crippen molar-refractivity contribution in [1.29, 1.82) is 0 Å². The van der Waals surface area contributed by atoms with E-state index in [1.807, 2.05) is 30.3 Å². The molecule has 0 spiro atoms. The second-order valence-electron chi connectivity index (χ2n) is 7.14. The number of benzene rings is 1. The molecule has 4 heteroatoms. The summed E-state index contributed by atoms with van der Waals surface area (Å²) in [5.41, 5.74) is 0.447. The van der Waals surface area contributed by atoms with Crippen LogP contribution in [0, 0.1) is 22.7 Å². The van der Waals surface area contributed by atoms with Crippen LogP contribution in [-0.4, -0.2) is 15.9 Å². The summed E-state index contributed by atoms with van der Waals surface area (Å²) in [7, 11) is 0. The molecule has 21 heavy (non-hydrogen) atoms. The first-order chi connectivity index (χ1) is 9.80. The Morgan fingerprint density at radius 2 is 1.90 bits per heavy atom. The smallest absolute Gasteiger partial charge is 0.145 e. The summed E-state index contributed by atoms with van der Waals surface area (Å²) < 4.78 is 0. The van der Waals surface area contributed by atoms with E-state index < -0.39 is 0 Å². The maximum absolute atomic E-state index is 12.9. The molecule has 2 saturated carbocycles. The fourth-order valence-electron chi connectivity index (χ4n) is 4.35. The molecular formula is C17H22BrNO2. The molecule has 2 aliphatic rings. The summed E-state index contributed by atoms with van der Waals surface area (Å²) in [5, 5.41) is 11.7. The van der Waals surface area contributed by atoms with Gasteiger partial charge in [-0.05, 0) is 36.3 Å². The first-order valence-corrected chi connectivity index (χ1v) is 8.44. The van der Waals surface area contributed by atoms with Crippen molar-refractivity contribution in [2.24, 2.45) is 22.7 Å². The van der Waals surface area contributed by atoms with Gasteiger partial charge in [0.15, 0.2) is 0 Å². The predicted molar refractivity (Wildman–Crippen MR) is 86.5 cm³/mol. The quantitative estimate of drug-likeness (QED) is 0.502. The third-order valence-electron chi connectivity index (χ3n) is 6.14. The van der Waals surface area contributed by atoms with E-state index in [4.69, 9.17) is 0 Å². The van der Waals surface area contributed by atoms with Crippen LogP contribution < -0.4 is 5.06 Å². The van der Waals surface area contributed by atoms with Crippen molar-refractivity contribution >= 4 is 27.4 Å². The molecule has 1 N–H and O–H groups in total. The Kier molecular flexibility index (Phi) is 3.45. The van der Waals surface area contributed by atoms with Crippen molar-refractivity contribution in [2.45, 2.75) is 38.6 Å². The Balaban J connectivity index is 1.90. The molecule has 2 bridgehead atoms. The molecular weight excluding hydrogens is 330 g/mol. The number of carbonyl (C=O) groups excluding carboxylic acids is 1. The number of carbonyl (C=O) groups is 1. The predicted octanol–water partition coefficient (Wildman–Crippen LogP) is 4.24. The minimum atomic E-state index is -0.376. The van der Waals surface area contributed by atoms with Gasteiger partial charge in [-0.3, -0.25) is 10.0 Å². The highest BCUT2D eigenvalue weighted by Crippen LogP contribution is 2.66. The molecule has 0 amide bonds. The minimum absolute atomic E-state index is 0.00169. The zero-order valence-corrected chi connectivity index (χ0v) is 14.3. The summed E-state index contributed by atoms with van der Waals surface area (Å²) >= 11 is 3.58. The fourth-order valence-corrected chi connectivity index (χ4v) is 5.19. The standard InChI is InChI=1S/C17H22BrNO2/c1-16(2)12-9-10-17(16,3)14(20)13(12)15(18)19(21)11-7-5-4-6-8-11/h4-8,12-13,15,21H,9-10H2,1-3H3. The van der Waals surface area contributed by atoms with Gasteiger partial charge in [0.2, 0.25) is 0 Å². The van der Waals surface area contributed by atoms with Crippen molar-refractivity contribution in [3.63, 3.8) is 0 Å². The van der Waals surface area contributed by atoms with Gasteiger partial charge < -0.3 is 0 Å². The maximum atomic E-state index is 12.9. The lowest BCUT2D eigenvalue weighted by molar-refractivity contribution is -0.131. The molecule has 1 aromatic carbocycles. The Bertz CT molecular complexity index is 559. The fraction of sp³-hybridized carbons (Fsp3) is 0.588. The lowest BCUT2D eigenvalue weighted by Crippen LogP contribution is -2.42. The van der Waals surface area contributed by atoms with Crippen LogP contribution in [0.15, 0.2) is 30.3 Å². The minimum Gasteiger partial charge on any atom is -0.299 e. The number of hydrogen-bond acceptors (Lipinski definition) is 3. The molecule has 114 valence electrons. The summed E-state index contributed by atoms with van der Waals surface area (Å²) in [6.45, 7) is 6.50. The second kappa shape index (κ2) is 4.82. The van der Waals surface area contributed by atoms with E-state index in [1.165, 1.54) is 5.06 Å². The van der Waals surface area contributed by atoms with Gasteiger partial charge in [0.25, 0.3) is 0 Å². The molecule has 2 aliphatic carbocycles. The number of rotatable bonds is 3. The van der Waals surface area contributed by atoms with E-state index >= 15 is 0 Å². The maximum Gasteiger partial charge on any atom is 0.145 e. The number of fused-ring (bicyclic) bond motifs is 2. The molecule has 0 aromatic heterocycles. The van der Waals surface area contributed by atoms with E-state index in [9.17, 15) is 10.0 Å². The Morgan fingerprint density at radius 1 is 1.29 bits per heavy atom. The van der Waals surface area contributed by atoms with Crippen LogP contribution in [0.3, 0.4) is 0 Å². The molecule has 4 atom stereocenters. The van der Waals surface area contributed by atoms with E-state index in [2.05, 4.69) is 36.7 Å². The van der Waals surface area contributed by atoms with E-state index in [0.29, 0.717) is 17.4 Å². The average molecular weight is 352 g/mol. The van der Waals surface area contributed by atoms with Crippen molar-refractivity contribution in [1.82, 2.24) is 0 Å². The van der Waals surface area contributed by atoms with Crippen LogP contribution in [0.2, 0.25) is 0 Å². The molecule has 0 aliphatic heterocycles. The zero-order chi connectivity index (χ0) is 15.4. The first kappa shape index (κ1) is 15.0. The Labute approximate surface area is 134 Å². The SMILES string of the molecule is CC12CCC(C(C(Br)N(O)c3ccccc3)C1=O)C2(C)C. The van der Waals surface area contributed by atoms with Crippen molar-refractivity contribution in [3.05, 3.63) is 30.3 Å². The lowest BCUT2D eigenvalue weighted by Gasteiger charge is -2.33. The van der Waals surface area contributed by atoms with Crippen LogP contribution in [0.4, 0.5) is 5.69 Å². The molecule has 1 aromatic rings. The normalized spacial score (nSPS) is 35.0. The molecule has 3 rings (SSSR count). The van der Waals surface area contributed by atoms with Crippen LogP contribution in [0.1, 0.15) is 33.6 Å². The van der Waals surface area contributed by atoms with Crippen molar-refractivity contribution in [2.75, 3.05) is 5.06 Å². The van der Waals surface area contributed by atoms with Gasteiger partial charge in [-0.25, -0.2) is 5.06 Å². The third-order valence-corrected chi connectivity index (χ3v) is 7.09. The van der Waals surface area contributed by atoms with Gasteiger partial charge in [-0.15, -0.1) is 0 Å². The molecule has 2 fully saturated rings. The number of hydrogen-bond donors (Lipinski definition) is 1. The van der Waals surface area contributed by atoms with E-state index in [0.717, 1.165) is 12.8 Å². The molecule has 3 nitrogen and oxygen atoms in total. The van der Waals surface area contributed by atoms with Crippen LogP contribution in [0.25, 0.3) is 0 Å². The summed E-state index contributed by atoms with van der Waals surface area (Å²) in [6.07, 6.45) is 2.03. The Hall–Kier alpha value is -0.870. The summed E-state index contributed by atoms with van der Waals surface area (Å²) in [4.78, 5) is 12.5. The number of ketones is 1. The zero-order valence-electron chi connectivity index (χ0n) is 12.7. The summed E-state index contributed by atoms with van der Waals surface area (Å²) in [6, 6.07) is 9.36. The second-order valence-corrected chi connectivity index (χ2v) is 8.08. The number of anilines is 1. The highest BCUT2D eigenvalue weighted by molar-refractivity contribution is 9.09. The number of hydroxylamine groups is 1. The largest absolute Gasteiger partial charge is 0.299 e. The highest BCUT2D eigenvalue weighted by Gasteiger charge is 2.67. The van der Waals surface area contributed by atoms with E-state index in [-0.39, 0.29) is 21.7 Å². The Morgan fingerprint density at radius 3 is 2.43 bits per heavy atom.